The molecule has 0 bridgehead atoms. The summed E-state index contributed by atoms with van der Waals surface area (Å²) < 4.78 is 37.6. The number of sulfonamides is 1. The van der Waals surface area contributed by atoms with Gasteiger partial charge in [-0.1, -0.05) is 48.2 Å². The monoisotopic (exact) mass is 499 g/mol. The van der Waals surface area contributed by atoms with Crippen LogP contribution in [0.1, 0.15) is 10.8 Å². The molecule has 0 aliphatic carbocycles. The lowest BCUT2D eigenvalue weighted by molar-refractivity contribution is -0.115. The van der Waals surface area contributed by atoms with Crippen LogP contribution in [-0.4, -0.2) is 57.0 Å². The van der Waals surface area contributed by atoms with Gasteiger partial charge >= 0.3 is 0 Å². The number of amides is 1. The number of nitrogens with zero attached hydrogens (tertiary/aromatic N) is 2. The summed E-state index contributed by atoms with van der Waals surface area (Å²) in [4.78, 5) is 17.7. The van der Waals surface area contributed by atoms with Gasteiger partial charge in [-0.3, -0.25) is 4.79 Å². The molecule has 1 amide bonds. The van der Waals surface area contributed by atoms with Gasteiger partial charge in [-0.05, 0) is 29.8 Å². The van der Waals surface area contributed by atoms with E-state index in [1.807, 2.05) is 30.3 Å². The number of carbonyl (C=O) groups is 1. The third-order valence-electron chi connectivity index (χ3n) is 5.23. The van der Waals surface area contributed by atoms with Crippen molar-refractivity contribution < 1.29 is 22.7 Å². The van der Waals surface area contributed by atoms with Gasteiger partial charge in [0.05, 0.1) is 25.3 Å². The number of benzene rings is 2. The predicted octanol–water partition coefficient (Wildman–Crippen LogP) is 3.58. The summed E-state index contributed by atoms with van der Waals surface area (Å²) >= 11 is 1.25. The first-order valence-corrected chi connectivity index (χ1v) is 13.0. The lowest BCUT2D eigenvalue weighted by atomic mass is 10.1. The number of methoxy groups -OCH3 is 1. The molecule has 0 unspecified atom stereocenters. The molecule has 1 aliphatic rings. The second-order valence-corrected chi connectivity index (χ2v) is 10.5. The van der Waals surface area contributed by atoms with Gasteiger partial charge in [0.15, 0.2) is 0 Å². The standard InChI is InChI=1S/C24H25N3O5S2/c1-31-20-9-5-8-19(16-20)26-24(28)23(18-6-3-2-4-7-18)33-22-11-10-21(17-25-22)34(29,30)27-12-14-32-15-13-27/h2-11,16-17,23H,12-15H2,1H3,(H,26,28)/t23-/m0/s1. The highest BCUT2D eigenvalue weighted by atomic mass is 32.2. The van der Waals surface area contributed by atoms with Crippen LogP contribution in [0.3, 0.4) is 0 Å². The number of carbonyl (C=O) groups excluding carboxylic acids is 1. The van der Waals surface area contributed by atoms with E-state index < -0.39 is 15.3 Å². The fraction of sp³-hybridized carbons (Fsp3) is 0.250. The molecule has 0 radical (unpaired) electrons. The number of anilines is 1. The van der Waals surface area contributed by atoms with Gasteiger partial charge < -0.3 is 14.8 Å². The van der Waals surface area contributed by atoms with Crippen molar-refractivity contribution in [3.8, 4) is 5.75 Å². The van der Waals surface area contributed by atoms with Crippen LogP contribution in [0.5, 0.6) is 5.75 Å². The molecule has 34 heavy (non-hydrogen) atoms. The molecule has 1 fully saturated rings. The van der Waals surface area contributed by atoms with E-state index in [1.54, 1.807) is 37.4 Å². The summed E-state index contributed by atoms with van der Waals surface area (Å²) in [7, 11) is -2.07. The molecule has 2 aromatic carbocycles. The molecule has 1 aromatic heterocycles. The van der Waals surface area contributed by atoms with Crippen LogP contribution in [0.15, 0.2) is 82.8 Å². The molecule has 3 aromatic rings. The maximum atomic E-state index is 13.2. The average Bonchev–Trinajstić information content (AvgIpc) is 2.88. The highest BCUT2D eigenvalue weighted by molar-refractivity contribution is 8.00. The Balaban J connectivity index is 1.54. The molecular formula is C24H25N3O5S2. The van der Waals surface area contributed by atoms with Gasteiger partial charge in [-0.2, -0.15) is 4.31 Å². The van der Waals surface area contributed by atoms with Crippen molar-refractivity contribution >= 4 is 33.4 Å². The van der Waals surface area contributed by atoms with E-state index in [0.717, 1.165) is 5.56 Å². The Morgan fingerprint density at radius 3 is 2.53 bits per heavy atom. The number of rotatable bonds is 8. The lowest BCUT2D eigenvalue weighted by Gasteiger charge is -2.25. The number of pyridine rings is 1. The third-order valence-corrected chi connectivity index (χ3v) is 8.32. The molecule has 10 heteroatoms. The molecule has 0 saturated carbocycles. The van der Waals surface area contributed by atoms with Gasteiger partial charge in [-0.15, -0.1) is 0 Å². The number of hydrogen-bond donors (Lipinski definition) is 1. The van der Waals surface area contributed by atoms with E-state index in [9.17, 15) is 13.2 Å². The topological polar surface area (TPSA) is 97.8 Å². The first-order chi connectivity index (χ1) is 16.5. The largest absolute Gasteiger partial charge is 0.497 e. The van der Waals surface area contributed by atoms with Crippen molar-refractivity contribution in [2.75, 3.05) is 38.7 Å². The van der Waals surface area contributed by atoms with Crippen LogP contribution < -0.4 is 10.1 Å². The van der Waals surface area contributed by atoms with Crippen molar-refractivity contribution in [1.29, 1.82) is 0 Å². The quantitative estimate of drug-likeness (QED) is 0.473. The number of aromatic nitrogens is 1. The van der Waals surface area contributed by atoms with E-state index >= 15 is 0 Å². The number of ether oxygens (including phenoxy) is 2. The molecule has 1 aliphatic heterocycles. The Bertz CT molecular complexity index is 1210. The van der Waals surface area contributed by atoms with Crippen molar-refractivity contribution in [3.05, 3.63) is 78.5 Å². The lowest BCUT2D eigenvalue weighted by Crippen LogP contribution is -2.40. The minimum atomic E-state index is -3.63. The second-order valence-electron chi connectivity index (χ2n) is 7.48. The van der Waals surface area contributed by atoms with Crippen molar-refractivity contribution in [1.82, 2.24) is 9.29 Å². The van der Waals surface area contributed by atoms with E-state index in [0.29, 0.717) is 42.8 Å². The smallest absolute Gasteiger partial charge is 0.244 e. The molecule has 1 atom stereocenters. The fourth-order valence-corrected chi connectivity index (χ4v) is 5.77. The molecule has 8 nitrogen and oxygen atoms in total. The second kappa shape index (κ2) is 11.0. The van der Waals surface area contributed by atoms with Crippen LogP contribution in [0.25, 0.3) is 0 Å². The average molecular weight is 500 g/mol. The van der Waals surface area contributed by atoms with Crippen LogP contribution in [0.2, 0.25) is 0 Å². The summed E-state index contributed by atoms with van der Waals surface area (Å²) in [6, 6.07) is 19.7. The maximum Gasteiger partial charge on any atom is 0.244 e. The highest BCUT2D eigenvalue weighted by Gasteiger charge is 2.27. The van der Waals surface area contributed by atoms with Crippen LogP contribution >= 0.6 is 11.8 Å². The number of morpholine rings is 1. The summed E-state index contributed by atoms with van der Waals surface area (Å²) in [6.45, 7) is 1.39. The minimum absolute atomic E-state index is 0.121. The number of thioether (sulfide) groups is 1. The summed E-state index contributed by atoms with van der Waals surface area (Å²) in [5.74, 6) is 0.414. The zero-order chi connectivity index (χ0) is 24.0. The van der Waals surface area contributed by atoms with Gasteiger partial charge in [0, 0.05) is 31.0 Å². The minimum Gasteiger partial charge on any atom is -0.497 e. The van der Waals surface area contributed by atoms with Crippen molar-refractivity contribution in [3.63, 3.8) is 0 Å². The first kappa shape index (κ1) is 24.2. The summed E-state index contributed by atoms with van der Waals surface area (Å²) in [5, 5.41) is 2.87. The fourth-order valence-electron chi connectivity index (χ4n) is 3.46. The van der Waals surface area contributed by atoms with Crippen LogP contribution in [-0.2, 0) is 19.6 Å². The Labute approximate surface area is 203 Å². The molecule has 2 heterocycles. The van der Waals surface area contributed by atoms with E-state index in [-0.39, 0.29) is 10.8 Å². The Morgan fingerprint density at radius 1 is 1.09 bits per heavy atom. The van der Waals surface area contributed by atoms with Gasteiger partial charge in [0.1, 0.15) is 15.9 Å². The molecule has 1 N–H and O–H groups in total. The van der Waals surface area contributed by atoms with Crippen LogP contribution in [0, 0.1) is 0 Å². The van der Waals surface area contributed by atoms with Gasteiger partial charge in [-0.25, -0.2) is 13.4 Å². The zero-order valence-electron chi connectivity index (χ0n) is 18.6. The summed E-state index contributed by atoms with van der Waals surface area (Å²) in [5.41, 5.74) is 1.42. The molecule has 1 saturated heterocycles. The predicted molar refractivity (Wildman–Crippen MR) is 130 cm³/mol. The van der Waals surface area contributed by atoms with Gasteiger partial charge in [0.25, 0.3) is 0 Å². The molecule has 4 rings (SSSR count). The van der Waals surface area contributed by atoms with E-state index in [2.05, 4.69) is 10.3 Å². The van der Waals surface area contributed by atoms with E-state index in [1.165, 1.54) is 28.3 Å². The number of hydrogen-bond acceptors (Lipinski definition) is 7. The SMILES string of the molecule is COc1cccc(NC(=O)[C@@H](Sc2ccc(S(=O)(=O)N3CCOCC3)cn2)c2ccccc2)c1. The van der Waals surface area contributed by atoms with Crippen molar-refractivity contribution in [2.24, 2.45) is 0 Å². The first-order valence-electron chi connectivity index (χ1n) is 10.7. The zero-order valence-corrected chi connectivity index (χ0v) is 20.2. The Hall–Kier alpha value is -2.92. The third kappa shape index (κ3) is 5.76. The number of nitrogens with one attached hydrogen (secondary N) is 1. The van der Waals surface area contributed by atoms with Gasteiger partial charge in [0.2, 0.25) is 15.9 Å². The van der Waals surface area contributed by atoms with Crippen LogP contribution in [0.4, 0.5) is 5.69 Å². The molecular weight excluding hydrogens is 474 g/mol. The Kier molecular flexibility index (Phi) is 7.84. The maximum absolute atomic E-state index is 13.2. The van der Waals surface area contributed by atoms with Crippen molar-refractivity contribution in [2.45, 2.75) is 15.2 Å². The molecule has 178 valence electrons. The normalized spacial score (nSPS) is 15.4. The summed E-state index contributed by atoms with van der Waals surface area (Å²) in [6.07, 6.45) is 1.34. The Morgan fingerprint density at radius 2 is 1.85 bits per heavy atom. The van der Waals surface area contributed by atoms with E-state index in [4.69, 9.17) is 9.47 Å². The highest BCUT2D eigenvalue weighted by Crippen LogP contribution is 2.36. The molecule has 0 spiro atoms.